The number of amides is 1. The van der Waals surface area contributed by atoms with Crippen molar-refractivity contribution in [2.24, 2.45) is 5.73 Å². The number of primary amides is 1. The molecule has 3 N–H and O–H groups in total. The van der Waals surface area contributed by atoms with Crippen LogP contribution in [0.25, 0.3) is 10.9 Å². The molecule has 2 aromatic rings. The maximum Gasteiger partial charge on any atom is 0.252 e. The van der Waals surface area contributed by atoms with Crippen LogP contribution in [0.2, 0.25) is 0 Å². The smallest absolute Gasteiger partial charge is 0.252 e. The predicted octanol–water partition coefficient (Wildman–Crippen LogP) is 1.38. The van der Waals surface area contributed by atoms with Crippen LogP contribution < -0.4 is 11.1 Å². The third-order valence-electron chi connectivity index (χ3n) is 2.23. The van der Waals surface area contributed by atoms with Gasteiger partial charge in [0, 0.05) is 12.4 Å². The van der Waals surface area contributed by atoms with Gasteiger partial charge in [0.2, 0.25) is 0 Å². The van der Waals surface area contributed by atoms with Gasteiger partial charge >= 0.3 is 0 Å². The summed E-state index contributed by atoms with van der Waals surface area (Å²) >= 11 is 0. The minimum absolute atomic E-state index is 0.413. The Labute approximate surface area is 87.1 Å². The van der Waals surface area contributed by atoms with E-state index in [1.807, 2.05) is 24.3 Å². The van der Waals surface area contributed by atoms with Crippen LogP contribution in [-0.4, -0.2) is 17.9 Å². The Hall–Kier alpha value is -2.10. The highest BCUT2D eigenvalue weighted by Gasteiger charge is 2.09. The van der Waals surface area contributed by atoms with Crippen LogP contribution >= 0.6 is 0 Å². The van der Waals surface area contributed by atoms with Crippen molar-refractivity contribution < 1.29 is 4.79 Å². The highest BCUT2D eigenvalue weighted by atomic mass is 16.1. The predicted molar refractivity (Wildman–Crippen MR) is 59.8 cm³/mol. The molecule has 15 heavy (non-hydrogen) atoms. The van der Waals surface area contributed by atoms with E-state index in [9.17, 15) is 4.79 Å². The number of hydrogen-bond acceptors (Lipinski definition) is 3. The molecule has 1 aromatic carbocycles. The molecule has 0 aliphatic carbocycles. The van der Waals surface area contributed by atoms with Gasteiger partial charge in [-0.1, -0.05) is 18.2 Å². The summed E-state index contributed by atoms with van der Waals surface area (Å²) in [5, 5.41) is 3.76. The van der Waals surface area contributed by atoms with E-state index >= 15 is 0 Å². The first-order valence-corrected chi connectivity index (χ1v) is 4.59. The van der Waals surface area contributed by atoms with Gasteiger partial charge < -0.3 is 11.1 Å². The fourth-order valence-electron chi connectivity index (χ4n) is 1.49. The molecule has 1 heterocycles. The number of rotatable bonds is 2. The van der Waals surface area contributed by atoms with E-state index in [4.69, 9.17) is 5.73 Å². The lowest BCUT2D eigenvalue weighted by molar-refractivity contribution is 0.100. The summed E-state index contributed by atoms with van der Waals surface area (Å²) < 4.78 is 0. The van der Waals surface area contributed by atoms with Gasteiger partial charge in [0.25, 0.3) is 5.91 Å². The van der Waals surface area contributed by atoms with E-state index < -0.39 is 5.91 Å². The first-order chi connectivity index (χ1) is 7.22. The summed E-state index contributed by atoms with van der Waals surface area (Å²) in [6.45, 7) is 0. The molecule has 0 aliphatic rings. The van der Waals surface area contributed by atoms with Gasteiger partial charge in [-0.25, -0.2) is 4.98 Å². The van der Waals surface area contributed by atoms with Crippen LogP contribution in [0.3, 0.4) is 0 Å². The summed E-state index contributed by atoms with van der Waals surface area (Å²) in [6.07, 6.45) is 0. The zero-order valence-corrected chi connectivity index (χ0v) is 8.32. The van der Waals surface area contributed by atoms with E-state index in [0.717, 1.165) is 10.9 Å². The molecule has 0 saturated carbocycles. The quantitative estimate of drug-likeness (QED) is 0.771. The van der Waals surface area contributed by atoms with E-state index in [1.54, 1.807) is 13.1 Å². The number of fused-ring (bicyclic) bond motifs is 1. The average Bonchev–Trinajstić information content (AvgIpc) is 2.27. The number of hydrogen-bond donors (Lipinski definition) is 2. The molecule has 0 radical (unpaired) electrons. The van der Waals surface area contributed by atoms with Crippen molar-refractivity contribution >= 4 is 22.6 Å². The van der Waals surface area contributed by atoms with Gasteiger partial charge in [-0.2, -0.15) is 0 Å². The number of nitrogens with zero attached hydrogens (tertiary/aromatic N) is 1. The average molecular weight is 201 g/mol. The van der Waals surface area contributed by atoms with E-state index in [0.29, 0.717) is 11.4 Å². The number of para-hydroxylation sites is 1. The number of aromatic nitrogens is 1. The fraction of sp³-hybridized carbons (Fsp3) is 0.0909. The standard InChI is InChI=1S/C11H11N3O/c1-13-11-8(10(12)15)6-7-4-2-3-5-9(7)14-11/h2-6H,1H3,(H2,12,15)(H,13,14). The molecule has 76 valence electrons. The third-order valence-corrected chi connectivity index (χ3v) is 2.23. The number of anilines is 1. The summed E-state index contributed by atoms with van der Waals surface area (Å²) in [4.78, 5) is 15.5. The second kappa shape index (κ2) is 3.57. The second-order valence-electron chi connectivity index (χ2n) is 3.19. The molecular weight excluding hydrogens is 190 g/mol. The zero-order valence-electron chi connectivity index (χ0n) is 8.32. The van der Waals surface area contributed by atoms with Crippen LogP contribution in [0.1, 0.15) is 10.4 Å². The monoisotopic (exact) mass is 201 g/mol. The molecular formula is C11H11N3O. The van der Waals surface area contributed by atoms with Gasteiger partial charge in [-0.3, -0.25) is 4.79 Å². The highest BCUT2D eigenvalue weighted by molar-refractivity contribution is 6.01. The molecule has 0 unspecified atom stereocenters. The number of carbonyl (C=O) groups is 1. The Balaban J connectivity index is 2.74. The normalized spacial score (nSPS) is 10.2. The summed E-state index contributed by atoms with van der Waals surface area (Å²) in [7, 11) is 1.71. The van der Waals surface area contributed by atoms with Crippen molar-refractivity contribution in [2.75, 3.05) is 12.4 Å². The maximum atomic E-state index is 11.2. The minimum Gasteiger partial charge on any atom is -0.372 e. The lowest BCUT2D eigenvalue weighted by Gasteiger charge is -2.06. The van der Waals surface area contributed by atoms with Crippen molar-refractivity contribution in [3.8, 4) is 0 Å². The largest absolute Gasteiger partial charge is 0.372 e. The molecule has 4 heteroatoms. The topological polar surface area (TPSA) is 68.0 Å². The molecule has 1 amide bonds. The summed E-state index contributed by atoms with van der Waals surface area (Å²) in [6, 6.07) is 9.33. The number of nitrogens with one attached hydrogen (secondary N) is 1. The van der Waals surface area contributed by atoms with E-state index in [2.05, 4.69) is 10.3 Å². The number of benzene rings is 1. The van der Waals surface area contributed by atoms with Crippen LogP contribution in [0.4, 0.5) is 5.82 Å². The first-order valence-electron chi connectivity index (χ1n) is 4.59. The van der Waals surface area contributed by atoms with Crippen molar-refractivity contribution in [3.63, 3.8) is 0 Å². The van der Waals surface area contributed by atoms with Crippen molar-refractivity contribution in [2.45, 2.75) is 0 Å². The zero-order chi connectivity index (χ0) is 10.8. The highest BCUT2D eigenvalue weighted by Crippen LogP contribution is 2.19. The summed E-state index contributed by atoms with van der Waals surface area (Å²) in [5.41, 5.74) is 6.52. The van der Waals surface area contributed by atoms with Crippen molar-refractivity contribution in [1.29, 1.82) is 0 Å². The molecule has 0 atom stereocenters. The molecule has 4 nitrogen and oxygen atoms in total. The Kier molecular flexibility index (Phi) is 2.25. The van der Waals surface area contributed by atoms with Gasteiger partial charge in [0.05, 0.1) is 11.1 Å². The number of carbonyl (C=O) groups excluding carboxylic acids is 1. The Morgan fingerprint density at radius 2 is 2.13 bits per heavy atom. The van der Waals surface area contributed by atoms with Gasteiger partial charge in [0.1, 0.15) is 5.82 Å². The lowest BCUT2D eigenvalue weighted by Crippen LogP contribution is -2.14. The summed E-state index contributed by atoms with van der Waals surface area (Å²) in [5.74, 6) is 0.0406. The maximum absolute atomic E-state index is 11.2. The second-order valence-corrected chi connectivity index (χ2v) is 3.19. The lowest BCUT2D eigenvalue weighted by atomic mass is 10.1. The van der Waals surface area contributed by atoms with Gasteiger partial charge in [-0.05, 0) is 12.1 Å². The minimum atomic E-state index is -0.474. The van der Waals surface area contributed by atoms with Gasteiger partial charge in [0.15, 0.2) is 0 Å². The van der Waals surface area contributed by atoms with Crippen molar-refractivity contribution in [1.82, 2.24) is 4.98 Å². The Morgan fingerprint density at radius 1 is 1.40 bits per heavy atom. The molecule has 0 bridgehead atoms. The Morgan fingerprint density at radius 3 is 2.80 bits per heavy atom. The molecule has 0 saturated heterocycles. The molecule has 1 aromatic heterocycles. The van der Waals surface area contributed by atoms with Gasteiger partial charge in [-0.15, -0.1) is 0 Å². The molecule has 0 aliphatic heterocycles. The van der Waals surface area contributed by atoms with Crippen molar-refractivity contribution in [3.05, 3.63) is 35.9 Å². The molecule has 0 spiro atoms. The fourth-order valence-corrected chi connectivity index (χ4v) is 1.49. The first kappa shape index (κ1) is 9.45. The Bertz CT molecular complexity index is 522. The molecule has 2 rings (SSSR count). The van der Waals surface area contributed by atoms with E-state index in [1.165, 1.54) is 0 Å². The molecule has 0 fully saturated rings. The van der Waals surface area contributed by atoms with E-state index in [-0.39, 0.29) is 0 Å². The van der Waals surface area contributed by atoms with Crippen LogP contribution in [-0.2, 0) is 0 Å². The number of nitrogens with two attached hydrogens (primary N) is 1. The van der Waals surface area contributed by atoms with Crippen LogP contribution in [0, 0.1) is 0 Å². The third kappa shape index (κ3) is 1.61. The van der Waals surface area contributed by atoms with Crippen LogP contribution in [0.5, 0.6) is 0 Å². The number of pyridine rings is 1. The SMILES string of the molecule is CNc1nc2ccccc2cc1C(N)=O. The van der Waals surface area contributed by atoms with Crippen LogP contribution in [0.15, 0.2) is 30.3 Å².